The maximum atomic E-state index is 9.41. The molecular formula is C9H8O2S. The number of phenolic OH excluding ortho intramolecular Hbond substituents is 1. The van der Waals surface area contributed by atoms with Gasteiger partial charge >= 0.3 is 0 Å². The number of hydrogen-bond donors (Lipinski definition) is 1. The molecule has 62 valence electrons. The van der Waals surface area contributed by atoms with Crippen molar-refractivity contribution in [2.24, 2.45) is 0 Å². The average molecular weight is 180 g/mol. The second-order valence-corrected chi connectivity index (χ2v) is 3.43. The number of methoxy groups -OCH3 is 1. The summed E-state index contributed by atoms with van der Waals surface area (Å²) in [5.74, 6) is 0.730. The predicted octanol–water partition coefficient (Wildman–Crippen LogP) is 2.62. The van der Waals surface area contributed by atoms with E-state index in [0.717, 1.165) is 10.1 Å². The number of rotatable bonds is 1. The number of benzene rings is 1. The number of fused-ring (bicyclic) bond motifs is 1. The Labute approximate surface area is 74.0 Å². The highest BCUT2D eigenvalue weighted by atomic mass is 32.1. The fraction of sp³-hybridized carbons (Fsp3) is 0.111. The van der Waals surface area contributed by atoms with Gasteiger partial charge in [-0.1, -0.05) is 0 Å². The van der Waals surface area contributed by atoms with Crippen LogP contribution < -0.4 is 4.74 Å². The van der Waals surface area contributed by atoms with Gasteiger partial charge in [0, 0.05) is 10.8 Å². The third-order valence-electron chi connectivity index (χ3n) is 1.75. The van der Waals surface area contributed by atoms with E-state index < -0.39 is 0 Å². The van der Waals surface area contributed by atoms with Gasteiger partial charge in [-0.05, 0) is 22.9 Å². The van der Waals surface area contributed by atoms with E-state index >= 15 is 0 Å². The maximum Gasteiger partial charge on any atom is 0.161 e. The van der Waals surface area contributed by atoms with Gasteiger partial charge < -0.3 is 9.84 Å². The Kier molecular flexibility index (Phi) is 1.66. The highest BCUT2D eigenvalue weighted by molar-refractivity contribution is 7.17. The van der Waals surface area contributed by atoms with E-state index in [0.29, 0.717) is 5.75 Å². The van der Waals surface area contributed by atoms with E-state index in [4.69, 9.17) is 4.74 Å². The third kappa shape index (κ3) is 1.02. The van der Waals surface area contributed by atoms with E-state index in [9.17, 15) is 5.11 Å². The molecule has 0 spiro atoms. The summed E-state index contributed by atoms with van der Waals surface area (Å²) in [5, 5.41) is 12.5. The molecule has 0 fully saturated rings. The molecule has 1 aromatic carbocycles. The Balaban J connectivity index is 2.73. The summed E-state index contributed by atoms with van der Waals surface area (Å²) in [6.45, 7) is 0. The lowest BCUT2D eigenvalue weighted by Crippen LogP contribution is -1.81. The van der Waals surface area contributed by atoms with E-state index in [-0.39, 0.29) is 5.75 Å². The summed E-state index contributed by atoms with van der Waals surface area (Å²) in [6.07, 6.45) is 0. The number of phenols is 1. The Morgan fingerprint density at radius 2 is 2.25 bits per heavy atom. The molecule has 0 aliphatic heterocycles. The molecule has 0 aliphatic carbocycles. The average Bonchev–Trinajstić information content (AvgIpc) is 2.49. The first-order valence-electron chi connectivity index (χ1n) is 3.55. The summed E-state index contributed by atoms with van der Waals surface area (Å²) in [6, 6.07) is 5.56. The molecular weight excluding hydrogens is 172 g/mol. The van der Waals surface area contributed by atoms with Gasteiger partial charge in [0.05, 0.1) is 7.11 Å². The van der Waals surface area contributed by atoms with Gasteiger partial charge in [-0.2, -0.15) is 0 Å². The van der Waals surface area contributed by atoms with Crippen LogP contribution in [0.1, 0.15) is 0 Å². The zero-order valence-electron chi connectivity index (χ0n) is 6.57. The van der Waals surface area contributed by atoms with Crippen molar-refractivity contribution < 1.29 is 9.84 Å². The quantitative estimate of drug-likeness (QED) is 0.731. The Morgan fingerprint density at radius 3 is 3.00 bits per heavy atom. The minimum atomic E-state index is 0.201. The molecule has 0 unspecified atom stereocenters. The van der Waals surface area contributed by atoms with Crippen molar-refractivity contribution in [2.75, 3.05) is 7.11 Å². The van der Waals surface area contributed by atoms with Crippen molar-refractivity contribution in [2.45, 2.75) is 0 Å². The monoisotopic (exact) mass is 180 g/mol. The van der Waals surface area contributed by atoms with Gasteiger partial charge in [-0.15, -0.1) is 11.3 Å². The fourth-order valence-corrected chi connectivity index (χ4v) is 1.95. The van der Waals surface area contributed by atoms with Crippen LogP contribution in [0, 0.1) is 0 Å². The van der Waals surface area contributed by atoms with E-state index in [2.05, 4.69) is 0 Å². The van der Waals surface area contributed by atoms with Crippen LogP contribution in [0.4, 0.5) is 0 Å². The van der Waals surface area contributed by atoms with Crippen molar-refractivity contribution in [3.05, 3.63) is 23.6 Å². The molecule has 0 radical (unpaired) electrons. The largest absolute Gasteiger partial charge is 0.504 e. The van der Waals surface area contributed by atoms with Crippen molar-refractivity contribution in [1.82, 2.24) is 0 Å². The number of thiophene rings is 1. The van der Waals surface area contributed by atoms with Crippen LogP contribution in [-0.4, -0.2) is 12.2 Å². The van der Waals surface area contributed by atoms with Gasteiger partial charge in [0.15, 0.2) is 11.5 Å². The number of hydrogen-bond acceptors (Lipinski definition) is 3. The Morgan fingerprint density at radius 1 is 1.42 bits per heavy atom. The number of ether oxygens (including phenoxy) is 1. The SMILES string of the molecule is COc1cc2ccsc2cc1O. The molecule has 0 saturated heterocycles. The van der Waals surface area contributed by atoms with E-state index in [1.165, 1.54) is 0 Å². The maximum absolute atomic E-state index is 9.41. The summed E-state index contributed by atoms with van der Waals surface area (Å²) in [5.41, 5.74) is 0. The van der Waals surface area contributed by atoms with E-state index in [1.807, 2.05) is 17.5 Å². The molecule has 0 aliphatic rings. The first kappa shape index (κ1) is 7.43. The van der Waals surface area contributed by atoms with Crippen LogP contribution in [0.5, 0.6) is 11.5 Å². The summed E-state index contributed by atoms with van der Waals surface area (Å²) < 4.78 is 6.05. The minimum Gasteiger partial charge on any atom is -0.504 e. The molecule has 3 heteroatoms. The smallest absolute Gasteiger partial charge is 0.161 e. The molecule has 2 rings (SSSR count). The minimum absolute atomic E-state index is 0.201. The fourth-order valence-electron chi connectivity index (χ4n) is 1.14. The summed E-state index contributed by atoms with van der Waals surface area (Å²) in [7, 11) is 1.55. The number of aromatic hydroxyl groups is 1. The molecule has 0 saturated carbocycles. The zero-order valence-corrected chi connectivity index (χ0v) is 7.39. The Bertz CT molecular complexity index is 406. The normalized spacial score (nSPS) is 10.4. The molecule has 1 aromatic heterocycles. The van der Waals surface area contributed by atoms with Crippen molar-refractivity contribution in [3.8, 4) is 11.5 Å². The van der Waals surface area contributed by atoms with Crippen LogP contribution in [0.25, 0.3) is 10.1 Å². The van der Waals surface area contributed by atoms with Gasteiger partial charge in [-0.3, -0.25) is 0 Å². The second kappa shape index (κ2) is 2.68. The Hall–Kier alpha value is -1.22. The summed E-state index contributed by atoms with van der Waals surface area (Å²) in [4.78, 5) is 0. The van der Waals surface area contributed by atoms with E-state index in [1.54, 1.807) is 24.5 Å². The third-order valence-corrected chi connectivity index (χ3v) is 2.63. The van der Waals surface area contributed by atoms with Crippen LogP contribution in [0.2, 0.25) is 0 Å². The summed E-state index contributed by atoms with van der Waals surface area (Å²) >= 11 is 1.61. The molecule has 2 aromatic rings. The lowest BCUT2D eigenvalue weighted by atomic mass is 10.2. The lowest BCUT2D eigenvalue weighted by molar-refractivity contribution is 0.374. The van der Waals surface area contributed by atoms with Crippen molar-refractivity contribution >= 4 is 21.4 Å². The highest BCUT2D eigenvalue weighted by Crippen LogP contribution is 2.33. The molecule has 0 bridgehead atoms. The highest BCUT2D eigenvalue weighted by Gasteiger charge is 2.03. The first-order chi connectivity index (χ1) is 5.81. The van der Waals surface area contributed by atoms with Gasteiger partial charge in [0.2, 0.25) is 0 Å². The molecule has 1 heterocycles. The van der Waals surface area contributed by atoms with Crippen molar-refractivity contribution in [1.29, 1.82) is 0 Å². The zero-order chi connectivity index (χ0) is 8.55. The van der Waals surface area contributed by atoms with Crippen LogP contribution in [-0.2, 0) is 0 Å². The van der Waals surface area contributed by atoms with Crippen molar-refractivity contribution in [3.63, 3.8) is 0 Å². The second-order valence-electron chi connectivity index (χ2n) is 2.48. The predicted molar refractivity (Wildman–Crippen MR) is 50.0 cm³/mol. The molecule has 1 N–H and O–H groups in total. The first-order valence-corrected chi connectivity index (χ1v) is 4.43. The molecule has 2 nitrogen and oxygen atoms in total. The molecule has 0 amide bonds. The standard InChI is InChI=1S/C9H8O2S/c1-11-8-4-6-2-3-12-9(6)5-7(8)10/h2-5,10H,1H3. The van der Waals surface area contributed by atoms with Gasteiger partial charge in [-0.25, -0.2) is 0 Å². The van der Waals surface area contributed by atoms with Crippen LogP contribution >= 0.6 is 11.3 Å². The molecule has 0 atom stereocenters. The van der Waals surface area contributed by atoms with Crippen LogP contribution in [0.15, 0.2) is 23.6 Å². The van der Waals surface area contributed by atoms with Gasteiger partial charge in [0.25, 0.3) is 0 Å². The molecule has 12 heavy (non-hydrogen) atoms. The topological polar surface area (TPSA) is 29.5 Å². The lowest BCUT2D eigenvalue weighted by Gasteiger charge is -2.01. The van der Waals surface area contributed by atoms with Crippen LogP contribution in [0.3, 0.4) is 0 Å². The van der Waals surface area contributed by atoms with Gasteiger partial charge in [0.1, 0.15) is 0 Å².